The third kappa shape index (κ3) is 3.94. The van der Waals surface area contributed by atoms with Crippen molar-refractivity contribution < 1.29 is 28.7 Å². The van der Waals surface area contributed by atoms with Gasteiger partial charge in [-0.2, -0.15) is 0 Å². The van der Waals surface area contributed by atoms with Crippen molar-refractivity contribution in [2.75, 3.05) is 13.3 Å². The van der Waals surface area contributed by atoms with Crippen LogP contribution >= 0.6 is 11.3 Å². The third-order valence-corrected chi connectivity index (χ3v) is 5.73. The number of hydrogen-bond acceptors (Lipinski definition) is 8. The minimum atomic E-state index is -0.664. The Kier molecular flexibility index (Phi) is 5.45. The van der Waals surface area contributed by atoms with E-state index in [0.29, 0.717) is 41.1 Å². The number of nitro benzene ring substituents is 1. The number of non-ortho nitro benzene ring substituents is 1. The number of hydrogen-bond donors (Lipinski definition) is 0. The summed E-state index contributed by atoms with van der Waals surface area (Å²) in [5.74, 6) is -0.278. The lowest BCUT2D eigenvalue weighted by molar-refractivity contribution is -0.385. The molecule has 29 heavy (non-hydrogen) atoms. The van der Waals surface area contributed by atoms with Crippen molar-refractivity contribution in [2.24, 2.45) is 0 Å². The summed E-state index contributed by atoms with van der Waals surface area (Å²) in [4.78, 5) is 38.1. The van der Waals surface area contributed by atoms with Crippen molar-refractivity contribution in [3.63, 3.8) is 0 Å². The Balaban J connectivity index is 1.49. The largest absolute Gasteiger partial charge is 0.467 e. The molecule has 0 unspecified atom stereocenters. The highest BCUT2D eigenvalue weighted by Gasteiger charge is 2.36. The highest BCUT2D eigenvalue weighted by Crippen LogP contribution is 2.33. The molecule has 0 bridgehead atoms. The first-order valence-electron chi connectivity index (χ1n) is 9.06. The Bertz CT molecular complexity index is 944. The molecule has 1 amide bonds. The van der Waals surface area contributed by atoms with Crippen LogP contribution in [0.25, 0.3) is 0 Å². The lowest BCUT2D eigenvalue weighted by Crippen LogP contribution is -2.41. The first-order chi connectivity index (χ1) is 14.0. The van der Waals surface area contributed by atoms with Crippen molar-refractivity contribution >= 4 is 28.9 Å². The number of esters is 1. The van der Waals surface area contributed by atoms with Gasteiger partial charge < -0.3 is 19.1 Å². The lowest BCUT2D eigenvalue weighted by Gasteiger charge is -2.24. The summed E-state index contributed by atoms with van der Waals surface area (Å²) in [5.41, 5.74) is 0.811. The molecule has 10 heteroatoms. The molecular weight excluding hydrogens is 400 g/mol. The molecule has 1 saturated heterocycles. The molecule has 3 heterocycles. The molecule has 4 rings (SSSR count). The predicted molar refractivity (Wildman–Crippen MR) is 102 cm³/mol. The molecule has 2 aliphatic rings. The number of nitro groups is 1. The standard InChI is InChI=1S/C19H18N2O7S/c22-18(16-4-2-6-29-16)20-5-1-3-15(20)19(23)27-10-13-8-14(21(24)25)7-12-9-26-11-28-17(12)13/h2,4,6-8,15H,1,3,5,9-11H2/t15-/m1/s1. The highest BCUT2D eigenvalue weighted by molar-refractivity contribution is 7.12. The average molecular weight is 418 g/mol. The number of rotatable bonds is 5. The summed E-state index contributed by atoms with van der Waals surface area (Å²) >= 11 is 1.33. The summed E-state index contributed by atoms with van der Waals surface area (Å²) in [7, 11) is 0. The average Bonchev–Trinajstić information content (AvgIpc) is 3.43. The van der Waals surface area contributed by atoms with Gasteiger partial charge in [-0.25, -0.2) is 4.79 Å². The van der Waals surface area contributed by atoms with E-state index in [1.807, 2.05) is 5.38 Å². The summed E-state index contributed by atoms with van der Waals surface area (Å²) in [5, 5.41) is 13.0. The van der Waals surface area contributed by atoms with E-state index in [9.17, 15) is 19.7 Å². The van der Waals surface area contributed by atoms with Gasteiger partial charge in [0.15, 0.2) is 6.79 Å². The second-order valence-electron chi connectivity index (χ2n) is 6.70. The van der Waals surface area contributed by atoms with Gasteiger partial charge in [0.1, 0.15) is 18.4 Å². The number of likely N-dealkylation sites (tertiary alicyclic amines) is 1. The molecule has 1 aromatic carbocycles. The fourth-order valence-corrected chi connectivity index (χ4v) is 4.21. The van der Waals surface area contributed by atoms with Crippen LogP contribution in [0.5, 0.6) is 5.75 Å². The Morgan fingerprint density at radius 1 is 1.38 bits per heavy atom. The molecule has 0 aliphatic carbocycles. The molecule has 2 aromatic rings. The molecular formula is C19H18N2O7S. The van der Waals surface area contributed by atoms with Gasteiger partial charge in [0, 0.05) is 29.8 Å². The van der Waals surface area contributed by atoms with Crippen LogP contribution in [0.1, 0.15) is 33.6 Å². The van der Waals surface area contributed by atoms with Crippen LogP contribution in [0, 0.1) is 10.1 Å². The predicted octanol–water partition coefficient (Wildman–Crippen LogP) is 2.87. The van der Waals surface area contributed by atoms with Gasteiger partial charge in [-0.15, -0.1) is 11.3 Å². The number of benzene rings is 1. The number of carbonyl (C=O) groups is 2. The van der Waals surface area contributed by atoms with Crippen LogP contribution in [0.15, 0.2) is 29.6 Å². The van der Waals surface area contributed by atoms with E-state index in [4.69, 9.17) is 14.2 Å². The summed E-state index contributed by atoms with van der Waals surface area (Å²) in [6.45, 7) is 0.519. The van der Waals surface area contributed by atoms with Gasteiger partial charge >= 0.3 is 5.97 Å². The zero-order valence-corrected chi connectivity index (χ0v) is 16.2. The van der Waals surface area contributed by atoms with Gasteiger partial charge in [0.2, 0.25) is 0 Å². The Morgan fingerprint density at radius 2 is 2.24 bits per heavy atom. The zero-order chi connectivity index (χ0) is 20.4. The fraction of sp³-hybridized carbons (Fsp3) is 0.368. The van der Waals surface area contributed by atoms with Crippen molar-refractivity contribution in [3.05, 3.63) is 55.8 Å². The van der Waals surface area contributed by atoms with Crippen molar-refractivity contribution in [3.8, 4) is 5.75 Å². The van der Waals surface area contributed by atoms with Crippen LogP contribution in [-0.4, -0.2) is 41.1 Å². The van der Waals surface area contributed by atoms with Crippen LogP contribution in [0.2, 0.25) is 0 Å². The van der Waals surface area contributed by atoms with Gasteiger partial charge in [0.05, 0.1) is 16.4 Å². The van der Waals surface area contributed by atoms with Gasteiger partial charge in [-0.1, -0.05) is 6.07 Å². The monoisotopic (exact) mass is 418 g/mol. The van der Waals surface area contributed by atoms with Gasteiger partial charge in [0.25, 0.3) is 11.6 Å². The van der Waals surface area contributed by atoms with Crippen LogP contribution in [0.4, 0.5) is 5.69 Å². The van der Waals surface area contributed by atoms with E-state index < -0.39 is 16.9 Å². The highest BCUT2D eigenvalue weighted by atomic mass is 32.1. The lowest BCUT2D eigenvalue weighted by atomic mass is 10.1. The topological polar surface area (TPSA) is 108 Å². The van der Waals surface area contributed by atoms with Crippen molar-refractivity contribution in [1.82, 2.24) is 4.90 Å². The first-order valence-corrected chi connectivity index (χ1v) is 9.94. The number of carbonyl (C=O) groups excluding carboxylic acids is 2. The number of ether oxygens (including phenoxy) is 3. The van der Waals surface area contributed by atoms with E-state index in [1.54, 1.807) is 12.1 Å². The van der Waals surface area contributed by atoms with Crippen molar-refractivity contribution in [2.45, 2.75) is 32.1 Å². The van der Waals surface area contributed by atoms with Crippen LogP contribution < -0.4 is 4.74 Å². The number of amides is 1. The third-order valence-electron chi connectivity index (χ3n) is 4.87. The smallest absolute Gasteiger partial charge is 0.329 e. The SMILES string of the molecule is O=C(OCc1cc([N+](=O)[O-])cc2c1OCOC2)[C@H]1CCCN1C(=O)c1cccs1. The molecule has 0 saturated carbocycles. The minimum absolute atomic E-state index is 0.0253. The number of fused-ring (bicyclic) bond motifs is 1. The molecule has 9 nitrogen and oxygen atoms in total. The summed E-state index contributed by atoms with van der Waals surface area (Å²) in [6, 6.07) is 5.57. The van der Waals surface area contributed by atoms with E-state index >= 15 is 0 Å². The van der Waals surface area contributed by atoms with Gasteiger partial charge in [-0.05, 0) is 24.3 Å². The minimum Gasteiger partial charge on any atom is -0.467 e. The normalized spacial score (nSPS) is 18.1. The first kappa shape index (κ1) is 19.3. The molecule has 1 aromatic heterocycles. The second-order valence-corrected chi connectivity index (χ2v) is 7.65. The fourth-order valence-electron chi connectivity index (χ4n) is 3.54. The maximum atomic E-state index is 12.7. The molecule has 152 valence electrons. The van der Waals surface area contributed by atoms with E-state index in [2.05, 4.69) is 0 Å². The van der Waals surface area contributed by atoms with E-state index in [1.165, 1.54) is 28.4 Å². The molecule has 1 atom stereocenters. The van der Waals surface area contributed by atoms with E-state index in [-0.39, 0.29) is 31.6 Å². The van der Waals surface area contributed by atoms with Crippen LogP contribution in [-0.2, 0) is 27.5 Å². The molecule has 0 radical (unpaired) electrons. The molecule has 2 aliphatic heterocycles. The molecule has 0 spiro atoms. The summed E-state index contributed by atoms with van der Waals surface area (Å²) < 4.78 is 16.1. The van der Waals surface area contributed by atoms with Gasteiger partial charge in [-0.3, -0.25) is 14.9 Å². The maximum absolute atomic E-state index is 12.7. The Hall–Kier alpha value is -2.98. The maximum Gasteiger partial charge on any atom is 0.329 e. The zero-order valence-electron chi connectivity index (χ0n) is 15.4. The number of nitrogens with zero attached hydrogens (tertiary/aromatic N) is 2. The summed E-state index contributed by atoms with van der Waals surface area (Å²) in [6.07, 6.45) is 1.23. The number of thiophene rings is 1. The Morgan fingerprint density at radius 3 is 3.00 bits per heavy atom. The van der Waals surface area contributed by atoms with Crippen LogP contribution in [0.3, 0.4) is 0 Å². The van der Waals surface area contributed by atoms with E-state index in [0.717, 1.165) is 0 Å². The molecule has 0 N–H and O–H groups in total. The Labute approximate surface area is 169 Å². The molecule has 1 fully saturated rings. The van der Waals surface area contributed by atoms with Crippen molar-refractivity contribution in [1.29, 1.82) is 0 Å². The second kappa shape index (κ2) is 8.18. The quantitative estimate of drug-likeness (QED) is 0.417.